The molecule has 0 aliphatic carbocycles. The van der Waals surface area contributed by atoms with E-state index in [4.69, 9.17) is 4.74 Å². The summed E-state index contributed by atoms with van der Waals surface area (Å²) in [7, 11) is 0. The molecule has 0 spiro atoms. The van der Waals surface area contributed by atoms with Gasteiger partial charge in [-0.05, 0) is 18.4 Å². The third-order valence-corrected chi connectivity index (χ3v) is 2.70. The molecule has 0 atom stereocenters. The van der Waals surface area contributed by atoms with Crippen LogP contribution in [0, 0.1) is 0 Å². The quantitative estimate of drug-likeness (QED) is 0.734. The Morgan fingerprint density at radius 3 is 2.63 bits per heavy atom. The number of alkyl carbamates (subject to hydrolysis) is 1. The van der Waals surface area contributed by atoms with Crippen molar-refractivity contribution in [3.05, 3.63) is 35.9 Å². The maximum Gasteiger partial charge on any atom is 0.407 e. The van der Waals surface area contributed by atoms with Crippen LogP contribution in [0.2, 0.25) is 0 Å². The maximum absolute atomic E-state index is 11.6. The zero-order valence-corrected chi connectivity index (χ0v) is 11.4. The Hall–Kier alpha value is -1.84. The van der Waals surface area contributed by atoms with Crippen molar-refractivity contribution in [1.29, 1.82) is 0 Å². The van der Waals surface area contributed by atoms with Gasteiger partial charge < -0.3 is 10.1 Å². The van der Waals surface area contributed by atoms with Crippen LogP contribution >= 0.6 is 0 Å². The number of hydrogen-bond donors (Lipinski definition) is 1. The van der Waals surface area contributed by atoms with Crippen molar-refractivity contribution in [3.8, 4) is 0 Å². The summed E-state index contributed by atoms with van der Waals surface area (Å²) in [5.41, 5.74) is 1.13. The molecule has 0 saturated carbocycles. The van der Waals surface area contributed by atoms with E-state index in [1.54, 1.807) is 0 Å². The van der Waals surface area contributed by atoms with Crippen LogP contribution in [0.25, 0.3) is 0 Å². The maximum atomic E-state index is 11.6. The average Bonchev–Trinajstić information content (AvgIpc) is 2.44. The molecule has 19 heavy (non-hydrogen) atoms. The lowest BCUT2D eigenvalue weighted by Gasteiger charge is -2.06. The molecule has 0 radical (unpaired) electrons. The SMILES string of the molecule is CCCCOC(=O)NCC(=O)CCc1ccccc1. The number of nitrogens with one attached hydrogen (secondary N) is 1. The van der Waals surface area contributed by atoms with Crippen LogP contribution in [0.5, 0.6) is 0 Å². The Morgan fingerprint density at radius 1 is 1.21 bits per heavy atom. The first-order chi connectivity index (χ1) is 9.22. The summed E-state index contributed by atoms with van der Waals surface area (Å²) in [6.07, 6.45) is 2.44. The van der Waals surface area contributed by atoms with Crippen molar-refractivity contribution in [2.75, 3.05) is 13.2 Å². The van der Waals surface area contributed by atoms with E-state index in [0.717, 1.165) is 18.4 Å². The Bertz CT molecular complexity index is 390. The van der Waals surface area contributed by atoms with Gasteiger partial charge in [0.25, 0.3) is 0 Å². The number of hydrogen-bond acceptors (Lipinski definition) is 3. The molecule has 104 valence electrons. The van der Waals surface area contributed by atoms with Crippen molar-refractivity contribution >= 4 is 11.9 Å². The van der Waals surface area contributed by atoms with E-state index in [9.17, 15) is 9.59 Å². The van der Waals surface area contributed by atoms with Gasteiger partial charge in [-0.3, -0.25) is 4.79 Å². The number of ketones is 1. The van der Waals surface area contributed by atoms with Gasteiger partial charge in [-0.25, -0.2) is 4.79 Å². The van der Waals surface area contributed by atoms with Crippen LogP contribution in [0.15, 0.2) is 30.3 Å². The predicted octanol–water partition coefficient (Wildman–Crippen LogP) is 2.71. The highest BCUT2D eigenvalue weighted by atomic mass is 16.5. The van der Waals surface area contributed by atoms with Gasteiger partial charge in [0.2, 0.25) is 0 Å². The molecular weight excluding hydrogens is 242 g/mol. The Kier molecular flexibility index (Phi) is 7.32. The number of amides is 1. The molecule has 1 aromatic rings. The highest BCUT2D eigenvalue weighted by Gasteiger charge is 2.06. The van der Waals surface area contributed by atoms with Gasteiger partial charge in [-0.15, -0.1) is 0 Å². The van der Waals surface area contributed by atoms with Crippen molar-refractivity contribution in [2.24, 2.45) is 0 Å². The molecule has 1 rings (SSSR count). The smallest absolute Gasteiger partial charge is 0.407 e. The van der Waals surface area contributed by atoms with Gasteiger partial charge in [0.1, 0.15) is 0 Å². The third-order valence-electron chi connectivity index (χ3n) is 2.70. The average molecular weight is 263 g/mol. The molecule has 0 heterocycles. The van der Waals surface area contributed by atoms with Crippen LogP contribution in [-0.2, 0) is 16.0 Å². The summed E-state index contributed by atoms with van der Waals surface area (Å²) >= 11 is 0. The largest absolute Gasteiger partial charge is 0.450 e. The number of aryl methyl sites for hydroxylation is 1. The van der Waals surface area contributed by atoms with Crippen molar-refractivity contribution in [2.45, 2.75) is 32.6 Å². The van der Waals surface area contributed by atoms with Gasteiger partial charge in [0.05, 0.1) is 13.2 Å². The zero-order chi connectivity index (χ0) is 13.9. The van der Waals surface area contributed by atoms with Crippen LogP contribution in [0.1, 0.15) is 31.7 Å². The molecule has 1 N–H and O–H groups in total. The third kappa shape index (κ3) is 7.24. The van der Waals surface area contributed by atoms with Gasteiger partial charge in [0, 0.05) is 6.42 Å². The molecule has 0 saturated heterocycles. The minimum absolute atomic E-state index is 0.0105. The zero-order valence-electron chi connectivity index (χ0n) is 11.4. The van der Waals surface area contributed by atoms with E-state index in [0.29, 0.717) is 19.4 Å². The second-order valence-corrected chi connectivity index (χ2v) is 4.37. The Labute approximate surface area is 114 Å². The fraction of sp³-hybridized carbons (Fsp3) is 0.467. The van der Waals surface area contributed by atoms with E-state index in [1.165, 1.54) is 0 Å². The highest BCUT2D eigenvalue weighted by molar-refractivity contribution is 5.84. The molecule has 4 nitrogen and oxygen atoms in total. The molecule has 0 unspecified atom stereocenters. The highest BCUT2D eigenvalue weighted by Crippen LogP contribution is 2.02. The molecule has 0 bridgehead atoms. The first-order valence-corrected chi connectivity index (χ1v) is 6.68. The minimum atomic E-state index is -0.512. The second-order valence-electron chi connectivity index (χ2n) is 4.37. The molecule has 1 aromatic carbocycles. The first kappa shape index (κ1) is 15.2. The molecule has 0 aromatic heterocycles. The standard InChI is InChI=1S/C15H21NO3/c1-2-3-11-19-15(18)16-12-14(17)10-9-13-7-5-4-6-8-13/h4-8H,2-3,9-12H2,1H3,(H,16,18). The molecule has 4 heteroatoms. The number of Topliss-reactive ketones (excluding diaryl/α,β-unsaturated/α-hetero) is 1. The van der Waals surface area contributed by atoms with E-state index >= 15 is 0 Å². The van der Waals surface area contributed by atoms with Crippen molar-refractivity contribution in [3.63, 3.8) is 0 Å². The van der Waals surface area contributed by atoms with Crippen LogP contribution in [-0.4, -0.2) is 25.0 Å². The van der Waals surface area contributed by atoms with Crippen LogP contribution in [0.3, 0.4) is 0 Å². The lowest BCUT2D eigenvalue weighted by Crippen LogP contribution is -2.30. The Balaban J connectivity index is 2.12. The molecule has 0 aliphatic rings. The van der Waals surface area contributed by atoms with Crippen molar-refractivity contribution in [1.82, 2.24) is 5.32 Å². The molecule has 1 amide bonds. The number of carbonyl (C=O) groups excluding carboxylic acids is 2. The summed E-state index contributed by atoms with van der Waals surface area (Å²) in [6, 6.07) is 9.81. The van der Waals surface area contributed by atoms with E-state index in [2.05, 4.69) is 5.32 Å². The predicted molar refractivity (Wildman–Crippen MR) is 74.0 cm³/mol. The van der Waals surface area contributed by atoms with Gasteiger partial charge in [-0.2, -0.15) is 0 Å². The van der Waals surface area contributed by atoms with E-state index in [-0.39, 0.29) is 12.3 Å². The number of unbranched alkanes of at least 4 members (excludes halogenated alkanes) is 1. The van der Waals surface area contributed by atoms with Gasteiger partial charge >= 0.3 is 6.09 Å². The number of benzene rings is 1. The minimum Gasteiger partial charge on any atom is -0.450 e. The Morgan fingerprint density at radius 2 is 1.95 bits per heavy atom. The topological polar surface area (TPSA) is 55.4 Å². The molecular formula is C15H21NO3. The van der Waals surface area contributed by atoms with Crippen LogP contribution < -0.4 is 5.32 Å². The number of carbonyl (C=O) groups is 2. The fourth-order valence-corrected chi connectivity index (χ4v) is 1.55. The van der Waals surface area contributed by atoms with Gasteiger partial charge in [-0.1, -0.05) is 43.7 Å². The second kappa shape index (κ2) is 9.14. The summed E-state index contributed by atoms with van der Waals surface area (Å²) < 4.78 is 4.89. The van der Waals surface area contributed by atoms with E-state index < -0.39 is 6.09 Å². The summed E-state index contributed by atoms with van der Waals surface area (Å²) in [5.74, 6) is 0.0105. The van der Waals surface area contributed by atoms with E-state index in [1.807, 2.05) is 37.3 Å². The first-order valence-electron chi connectivity index (χ1n) is 6.68. The van der Waals surface area contributed by atoms with Crippen LogP contribution in [0.4, 0.5) is 4.79 Å². The number of rotatable bonds is 8. The lowest BCUT2D eigenvalue weighted by molar-refractivity contribution is -0.118. The molecule has 0 fully saturated rings. The summed E-state index contributed by atoms with van der Waals surface area (Å²) in [4.78, 5) is 22.8. The number of ether oxygens (including phenoxy) is 1. The normalized spacial score (nSPS) is 9.95. The molecule has 0 aliphatic heterocycles. The lowest BCUT2D eigenvalue weighted by atomic mass is 10.1. The summed E-state index contributed by atoms with van der Waals surface area (Å²) in [5, 5.41) is 2.47. The van der Waals surface area contributed by atoms with Crippen molar-refractivity contribution < 1.29 is 14.3 Å². The summed E-state index contributed by atoms with van der Waals surface area (Å²) in [6.45, 7) is 2.46. The van der Waals surface area contributed by atoms with Gasteiger partial charge in [0.15, 0.2) is 5.78 Å². The fourth-order valence-electron chi connectivity index (χ4n) is 1.55. The monoisotopic (exact) mass is 263 g/mol.